The van der Waals surface area contributed by atoms with Crippen LogP contribution in [0.1, 0.15) is 42.9 Å². The van der Waals surface area contributed by atoms with Gasteiger partial charge >= 0.3 is 0 Å². The largest absolute Gasteiger partial charge is 0.389 e. The number of aliphatic hydroxyl groups is 1. The molecular formula is C23H28Cl2N2O2. The third-order valence-corrected chi connectivity index (χ3v) is 6.59. The van der Waals surface area contributed by atoms with Crippen molar-refractivity contribution in [3.05, 3.63) is 69.7 Å². The summed E-state index contributed by atoms with van der Waals surface area (Å²) in [5.74, 6) is -0.713. The van der Waals surface area contributed by atoms with E-state index in [1.807, 2.05) is 36.4 Å². The zero-order valence-electron chi connectivity index (χ0n) is 17.1. The number of benzene rings is 2. The number of piperidine rings is 1. The summed E-state index contributed by atoms with van der Waals surface area (Å²) in [5, 5.41) is 12.9. The van der Waals surface area contributed by atoms with Crippen LogP contribution in [0.15, 0.2) is 48.5 Å². The van der Waals surface area contributed by atoms with Gasteiger partial charge in [-0.05, 0) is 49.1 Å². The van der Waals surface area contributed by atoms with Crippen LogP contribution >= 0.6 is 23.2 Å². The van der Waals surface area contributed by atoms with Gasteiger partial charge in [-0.15, -0.1) is 0 Å². The van der Waals surface area contributed by atoms with E-state index in [1.54, 1.807) is 31.1 Å². The van der Waals surface area contributed by atoms with Gasteiger partial charge in [0.25, 0.3) is 0 Å². The minimum atomic E-state index is -1.11. The molecule has 0 bridgehead atoms. The molecule has 156 valence electrons. The molecule has 0 saturated carbocycles. The van der Waals surface area contributed by atoms with Crippen molar-refractivity contribution in [2.24, 2.45) is 0 Å². The predicted octanol–water partition coefficient (Wildman–Crippen LogP) is 4.75. The maximum Gasteiger partial charge on any atom is 0.232 e. The zero-order valence-corrected chi connectivity index (χ0v) is 18.6. The van der Waals surface area contributed by atoms with Gasteiger partial charge < -0.3 is 10.0 Å². The van der Waals surface area contributed by atoms with Crippen LogP contribution in [0.25, 0.3) is 0 Å². The number of likely N-dealkylation sites (tertiary alicyclic amines) is 1. The highest BCUT2D eigenvalue weighted by atomic mass is 35.5. The number of halogens is 2. The van der Waals surface area contributed by atoms with E-state index in [0.29, 0.717) is 31.0 Å². The number of rotatable bonds is 5. The lowest BCUT2D eigenvalue weighted by Gasteiger charge is -2.45. The molecule has 1 aliphatic rings. The van der Waals surface area contributed by atoms with Crippen LogP contribution in [-0.2, 0) is 4.79 Å². The van der Waals surface area contributed by atoms with Crippen LogP contribution in [0.2, 0.25) is 10.0 Å². The summed E-state index contributed by atoms with van der Waals surface area (Å²) in [4.78, 5) is 16.9. The Bertz CT molecular complexity index is 846. The van der Waals surface area contributed by atoms with E-state index in [-0.39, 0.29) is 11.9 Å². The Kier molecular flexibility index (Phi) is 6.90. The number of hydrogen-bond donors (Lipinski definition) is 1. The fourth-order valence-corrected chi connectivity index (χ4v) is 4.61. The van der Waals surface area contributed by atoms with Crippen molar-refractivity contribution in [3.8, 4) is 0 Å². The Morgan fingerprint density at radius 2 is 1.66 bits per heavy atom. The maximum atomic E-state index is 13.0. The highest BCUT2D eigenvalue weighted by Gasteiger charge is 2.45. The van der Waals surface area contributed by atoms with E-state index in [2.05, 4.69) is 11.8 Å². The lowest BCUT2D eigenvalue weighted by Crippen LogP contribution is -2.52. The SMILES string of the molecule is CC(c1ccccc1Cl)N1CCC(O)(C(C(=O)N(C)C)c2ccc(Cl)cc2)CC1. The maximum absolute atomic E-state index is 13.0. The summed E-state index contributed by atoms with van der Waals surface area (Å²) in [6.45, 7) is 3.51. The molecule has 29 heavy (non-hydrogen) atoms. The summed E-state index contributed by atoms with van der Waals surface area (Å²) in [6.07, 6.45) is 1.02. The van der Waals surface area contributed by atoms with E-state index in [1.165, 1.54) is 0 Å². The topological polar surface area (TPSA) is 43.8 Å². The molecule has 1 saturated heterocycles. The average Bonchev–Trinajstić information content (AvgIpc) is 2.70. The molecule has 4 nitrogen and oxygen atoms in total. The Hall–Kier alpha value is -1.59. The quantitative estimate of drug-likeness (QED) is 0.737. The summed E-state index contributed by atoms with van der Waals surface area (Å²) in [7, 11) is 3.45. The van der Waals surface area contributed by atoms with E-state index in [9.17, 15) is 9.90 Å². The van der Waals surface area contributed by atoms with Gasteiger partial charge in [0, 0.05) is 43.3 Å². The van der Waals surface area contributed by atoms with E-state index >= 15 is 0 Å². The second-order valence-corrected chi connectivity index (χ2v) is 8.90. The van der Waals surface area contributed by atoms with E-state index in [0.717, 1.165) is 16.1 Å². The number of nitrogens with zero attached hydrogens (tertiary/aromatic N) is 2. The Morgan fingerprint density at radius 3 is 2.21 bits per heavy atom. The highest BCUT2D eigenvalue weighted by molar-refractivity contribution is 6.31. The monoisotopic (exact) mass is 434 g/mol. The average molecular weight is 435 g/mol. The van der Waals surface area contributed by atoms with Crippen molar-refractivity contribution in [3.63, 3.8) is 0 Å². The third kappa shape index (κ3) is 4.77. The van der Waals surface area contributed by atoms with Crippen LogP contribution in [0, 0.1) is 0 Å². The van der Waals surface area contributed by atoms with Gasteiger partial charge in [-0.3, -0.25) is 9.69 Å². The van der Waals surface area contributed by atoms with Crippen molar-refractivity contribution >= 4 is 29.1 Å². The molecular weight excluding hydrogens is 407 g/mol. The number of hydrogen-bond acceptors (Lipinski definition) is 3. The van der Waals surface area contributed by atoms with E-state index < -0.39 is 11.5 Å². The molecule has 3 rings (SSSR count). The first-order valence-corrected chi connectivity index (χ1v) is 10.7. The Morgan fingerprint density at radius 1 is 1.07 bits per heavy atom. The molecule has 2 unspecified atom stereocenters. The fraction of sp³-hybridized carbons (Fsp3) is 0.435. The predicted molar refractivity (Wildman–Crippen MR) is 119 cm³/mol. The molecule has 2 aromatic carbocycles. The molecule has 1 fully saturated rings. The van der Waals surface area contributed by atoms with Gasteiger partial charge in [0.15, 0.2) is 0 Å². The smallest absolute Gasteiger partial charge is 0.232 e. The Labute approximate surface area is 183 Å². The first-order chi connectivity index (χ1) is 13.7. The van der Waals surface area contributed by atoms with Crippen molar-refractivity contribution in [1.29, 1.82) is 0 Å². The molecule has 0 aromatic heterocycles. The molecule has 6 heteroatoms. The van der Waals surface area contributed by atoms with Gasteiger partial charge in [0.1, 0.15) is 0 Å². The molecule has 1 N–H and O–H groups in total. The number of amides is 1. The lowest BCUT2D eigenvalue weighted by molar-refractivity contribution is -0.140. The van der Waals surface area contributed by atoms with Crippen LogP contribution in [0.5, 0.6) is 0 Å². The molecule has 0 spiro atoms. The molecule has 2 aromatic rings. The minimum Gasteiger partial charge on any atom is -0.389 e. The summed E-state index contributed by atoms with van der Waals surface area (Å²) in [5.41, 5.74) is 0.771. The van der Waals surface area contributed by atoms with Crippen LogP contribution in [0.4, 0.5) is 0 Å². The van der Waals surface area contributed by atoms with E-state index in [4.69, 9.17) is 23.2 Å². The molecule has 1 aliphatic heterocycles. The van der Waals surface area contributed by atoms with Crippen LogP contribution in [0.3, 0.4) is 0 Å². The number of carbonyl (C=O) groups excluding carboxylic acids is 1. The molecule has 0 radical (unpaired) electrons. The second kappa shape index (κ2) is 9.05. The summed E-state index contributed by atoms with van der Waals surface area (Å²) < 4.78 is 0. The number of likely N-dealkylation sites (N-methyl/N-ethyl adjacent to an activating group) is 1. The Balaban J connectivity index is 1.81. The minimum absolute atomic E-state index is 0.0950. The van der Waals surface area contributed by atoms with Crippen molar-refractivity contribution in [1.82, 2.24) is 9.80 Å². The first kappa shape index (κ1) is 22.1. The molecule has 1 amide bonds. The standard InChI is InChI=1S/C23H28Cl2N2O2/c1-16(19-6-4-5-7-20(19)25)27-14-12-23(29,13-15-27)21(22(28)26(2)3)17-8-10-18(24)11-9-17/h4-11,16,21,29H,12-15H2,1-3H3. The van der Waals surface area contributed by atoms with Gasteiger partial charge in [-0.1, -0.05) is 53.5 Å². The van der Waals surface area contributed by atoms with Crippen molar-refractivity contribution < 1.29 is 9.90 Å². The lowest BCUT2D eigenvalue weighted by atomic mass is 9.74. The molecule has 0 aliphatic carbocycles. The first-order valence-electron chi connectivity index (χ1n) is 9.90. The summed E-state index contributed by atoms with van der Waals surface area (Å²) >= 11 is 12.4. The van der Waals surface area contributed by atoms with Crippen molar-refractivity contribution in [2.45, 2.75) is 37.3 Å². The molecule has 2 atom stereocenters. The zero-order chi connectivity index (χ0) is 21.2. The summed E-state index contributed by atoms with van der Waals surface area (Å²) in [6, 6.07) is 15.2. The van der Waals surface area contributed by atoms with Crippen LogP contribution < -0.4 is 0 Å². The van der Waals surface area contributed by atoms with Gasteiger partial charge in [-0.25, -0.2) is 0 Å². The van der Waals surface area contributed by atoms with Crippen molar-refractivity contribution in [2.75, 3.05) is 27.2 Å². The van der Waals surface area contributed by atoms with Gasteiger partial charge in [0.2, 0.25) is 5.91 Å². The normalized spacial score (nSPS) is 18.8. The second-order valence-electron chi connectivity index (χ2n) is 8.05. The third-order valence-electron chi connectivity index (χ3n) is 6.00. The number of carbonyl (C=O) groups is 1. The van der Waals surface area contributed by atoms with Crippen LogP contribution in [-0.4, -0.2) is 53.6 Å². The van der Waals surface area contributed by atoms with Gasteiger partial charge in [-0.2, -0.15) is 0 Å². The van der Waals surface area contributed by atoms with Gasteiger partial charge in [0.05, 0.1) is 11.5 Å². The highest BCUT2D eigenvalue weighted by Crippen LogP contribution is 2.40. The molecule has 1 heterocycles. The fourth-order valence-electron chi connectivity index (χ4n) is 4.19.